The number of imidazole rings is 2. The van der Waals surface area contributed by atoms with Crippen LogP contribution in [0.5, 0.6) is 0 Å². The van der Waals surface area contributed by atoms with Gasteiger partial charge in [-0.15, -0.1) is 0 Å². The summed E-state index contributed by atoms with van der Waals surface area (Å²) in [4.78, 5) is 46.9. The molecule has 2 aliphatic carbocycles. The first-order valence-electron chi connectivity index (χ1n) is 18.8. The van der Waals surface area contributed by atoms with E-state index in [1.54, 1.807) is 0 Å². The van der Waals surface area contributed by atoms with Crippen molar-refractivity contribution in [2.45, 2.75) is 106 Å². The molecular formula is C43H54N6O2. The van der Waals surface area contributed by atoms with Crippen LogP contribution >= 0.6 is 0 Å². The number of hydrogen-bond acceptors (Lipinski definition) is 4. The zero-order valence-corrected chi connectivity index (χ0v) is 31.7. The minimum absolute atomic E-state index is 0.105. The summed E-state index contributed by atoms with van der Waals surface area (Å²) in [6.07, 6.45) is 5.87. The zero-order chi connectivity index (χ0) is 36.6. The number of carbonyl (C=O) groups excluding carboxylic acids is 2. The standard InChI is InChI=1S/C43H54N6O2/c1-25(2)20-39(50)48(38-22-27(38)5)30(8)42-44-23-36(46-42)34-16-12-32(13-17-34)10-11-33-14-18-35(19-15-33)37-24-45-43(47-37)31(9)49(40(51)21-26(3)4)41-28(6)29(41)7/h12-19,23-31,38,41H,20-22H2,1-9H3,(H,44,46)(H,45,47). The van der Waals surface area contributed by atoms with Gasteiger partial charge in [0.2, 0.25) is 11.8 Å². The second kappa shape index (κ2) is 14.9. The van der Waals surface area contributed by atoms with E-state index in [2.05, 4.69) is 118 Å². The number of carbonyl (C=O) groups is 2. The van der Waals surface area contributed by atoms with Crippen molar-refractivity contribution < 1.29 is 9.59 Å². The topological polar surface area (TPSA) is 98.0 Å². The van der Waals surface area contributed by atoms with Gasteiger partial charge in [-0.1, -0.05) is 84.6 Å². The smallest absolute Gasteiger partial charge is 0.223 e. The van der Waals surface area contributed by atoms with Crippen molar-refractivity contribution in [2.75, 3.05) is 0 Å². The van der Waals surface area contributed by atoms with E-state index in [4.69, 9.17) is 4.98 Å². The van der Waals surface area contributed by atoms with Crippen LogP contribution in [0, 0.1) is 41.4 Å². The molecule has 2 fully saturated rings. The average molecular weight is 687 g/mol. The van der Waals surface area contributed by atoms with E-state index in [1.807, 2.05) is 41.6 Å². The summed E-state index contributed by atoms with van der Waals surface area (Å²) < 4.78 is 0. The molecule has 8 heteroatoms. The Morgan fingerprint density at radius 3 is 1.45 bits per heavy atom. The third kappa shape index (κ3) is 8.14. The molecule has 2 N–H and O–H groups in total. The number of aromatic amines is 2. The second-order valence-electron chi connectivity index (χ2n) is 15.9. The molecule has 8 nitrogen and oxygen atoms in total. The van der Waals surface area contributed by atoms with Crippen molar-refractivity contribution in [3.63, 3.8) is 0 Å². The normalized spacial score (nSPS) is 21.9. The maximum absolute atomic E-state index is 13.3. The average Bonchev–Trinajstić information content (AvgIpc) is 3.69. The lowest BCUT2D eigenvalue weighted by Crippen LogP contribution is -2.38. The highest BCUT2D eigenvalue weighted by Crippen LogP contribution is 2.46. The number of benzene rings is 2. The number of hydrogen-bond donors (Lipinski definition) is 2. The zero-order valence-electron chi connectivity index (χ0n) is 31.7. The maximum Gasteiger partial charge on any atom is 0.223 e. The Balaban J connectivity index is 1.09. The highest BCUT2D eigenvalue weighted by Gasteiger charge is 2.50. The SMILES string of the molecule is CC(C)CC(=O)N(C(C)c1ncc(-c2ccc(C#Cc3ccc(-c4cnc(C(C)N(C(=O)CC(C)C)C5C(C)C5C)[nH]4)cc3)cc2)[nH]1)C1CC1C. The van der Waals surface area contributed by atoms with Crippen LogP contribution < -0.4 is 0 Å². The molecule has 2 saturated carbocycles. The summed E-state index contributed by atoms with van der Waals surface area (Å²) in [5, 5.41) is 0. The van der Waals surface area contributed by atoms with E-state index in [0.29, 0.717) is 48.5 Å². The number of nitrogens with zero attached hydrogens (tertiary/aromatic N) is 4. The van der Waals surface area contributed by atoms with Gasteiger partial charge >= 0.3 is 0 Å². The van der Waals surface area contributed by atoms with Gasteiger partial charge < -0.3 is 19.8 Å². The van der Waals surface area contributed by atoms with E-state index in [9.17, 15) is 9.59 Å². The largest absolute Gasteiger partial charge is 0.340 e. The minimum Gasteiger partial charge on any atom is -0.340 e. The predicted molar refractivity (Wildman–Crippen MR) is 203 cm³/mol. The Bertz CT molecular complexity index is 1880. The summed E-state index contributed by atoms with van der Waals surface area (Å²) in [6, 6.07) is 16.7. The Labute approximate surface area is 303 Å². The molecule has 0 bridgehead atoms. The van der Waals surface area contributed by atoms with Crippen LogP contribution in [-0.4, -0.2) is 53.6 Å². The van der Waals surface area contributed by atoms with Gasteiger partial charge in [-0.25, -0.2) is 9.97 Å². The predicted octanol–water partition coefficient (Wildman–Crippen LogP) is 8.80. The molecule has 268 valence electrons. The van der Waals surface area contributed by atoms with E-state index in [1.165, 1.54) is 0 Å². The van der Waals surface area contributed by atoms with E-state index in [0.717, 1.165) is 51.7 Å². The Morgan fingerprint density at radius 2 is 1.08 bits per heavy atom. The molecule has 2 amide bonds. The third-order valence-electron chi connectivity index (χ3n) is 10.8. The highest BCUT2D eigenvalue weighted by molar-refractivity contribution is 5.78. The number of aromatic nitrogens is 4. The monoisotopic (exact) mass is 686 g/mol. The molecule has 0 saturated heterocycles. The first kappa shape index (κ1) is 36.2. The van der Waals surface area contributed by atoms with Gasteiger partial charge in [0.1, 0.15) is 11.6 Å². The molecule has 2 aliphatic rings. The fourth-order valence-corrected chi connectivity index (χ4v) is 7.34. The molecule has 51 heavy (non-hydrogen) atoms. The van der Waals surface area contributed by atoms with Gasteiger partial charge in [-0.2, -0.15) is 0 Å². The third-order valence-corrected chi connectivity index (χ3v) is 10.8. The van der Waals surface area contributed by atoms with Crippen molar-refractivity contribution in [2.24, 2.45) is 29.6 Å². The Hall–Kier alpha value is -4.64. The molecule has 2 heterocycles. The lowest BCUT2D eigenvalue weighted by molar-refractivity contribution is -0.136. The molecule has 0 spiro atoms. The molecule has 4 aromatic rings. The van der Waals surface area contributed by atoms with Crippen LogP contribution in [0.2, 0.25) is 0 Å². The van der Waals surface area contributed by atoms with Crippen LogP contribution in [0.3, 0.4) is 0 Å². The van der Waals surface area contributed by atoms with E-state index >= 15 is 0 Å². The highest BCUT2D eigenvalue weighted by atomic mass is 16.2. The van der Waals surface area contributed by atoms with Crippen molar-refractivity contribution in [1.82, 2.24) is 29.7 Å². The Kier molecular flexibility index (Phi) is 10.6. The molecular weight excluding hydrogens is 633 g/mol. The van der Waals surface area contributed by atoms with Crippen LogP contribution in [0.4, 0.5) is 0 Å². The van der Waals surface area contributed by atoms with Gasteiger partial charge in [-0.3, -0.25) is 9.59 Å². The van der Waals surface area contributed by atoms with Crippen LogP contribution in [0.15, 0.2) is 60.9 Å². The molecule has 6 unspecified atom stereocenters. The number of rotatable bonds is 12. The van der Waals surface area contributed by atoms with Gasteiger partial charge in [0.15, 0.2) is 0 Å². The van der Waals surface area contributed by atoms with Crippen molar-refractivity contribution >= 4 is 11.8 Å². The quantitative estimate of drug-likeness (QED) is 0.146. The van der Waals surface area contributed by atoms with E-state index < -0.39 is 0 Å². The summed E-state index contributed by atoms with van der Waals surface area (Å²) >= 11 is 0. The number of nitrogens with one attached hydrogen (secondary N) is 2. The van der Waals surface area contributed by atoms with Crippen molar-refractivity contribution in [3.8, 4) is 34.4 Å². The Morgan fingerprint density at radius 1 is 0.686 bits per heavy atom. The lowest BCUT2D eigenvalue weighted by Gasteiger charge is -2.30. The van der Waals surface area contributed by atoms with Gasteiger partial charge in [0, 0.05) is 36.1 Å². The summed E-state index contributed by atoms with van der Waals surface area (Å²) in [6.45, 7) is 19.2. The van der Waals surface area contributed by atoms with Crippen molar-refractivity contribution in [3.05, 3.63) is 83.7 Å². The number of H-pyrrole nitrogens is 2. The summed E-state index contributed by atoms with van der Waals surface area (Å²) in [5.41, 5.74) is 5.75. The minimum atomic E-state index is -0.121. The summed E-state index contributed by atoms with van der Waals surface area (Å²) in [5.74, 6) is 10.8. The molecule has 2 aromatic carbocycles. The first-order valence-corrected chi connectivity index (χ1v) is 18.8. The van der Waals surface area contributed by atoms with Crippen LogP contribution in [0.25, 0.3) is 22.5 Å². The lowest BCUT2D eigenvalue weighted by atomic mass is 10.1. The fourth-order valence-electron chi connectivity index (χ4n) is 7.34. The maximum atomic E-state index is 13.3. The van der Waals surface area contributed by atoms with Gasteiger partial charge in [0.25, 0.3) is 0 Å². The second-order valence-corrected chi connectivity index (χ2v) is 15.9. The van der Waals surface area contributed by atoms with Crippen LogP contribution in [0.1, 0.15) is 116 Å². The van der Waals surface area contributed by atoms with E-state index in [-0.39, 0.29) is 29.9 Å². The van der Waals surface area contributed by atoms with Gasteiger partial charge in [-0.05, 0) is 85.3 Å². The first-order chi connectivity index (χ1) is 24.3. The molecule has 2 aromatic heterocycles. The van der Waals surface area contributed by atoms with Crippen LogP contribution in [-0.2, 0) is 9.59 Å². The summed E-state index contributed by atoms with van der Waals surface area (Å²) in [7, 11) is 0. The molecule has 0 radical (unpaired) electrons. The van der Waals surface area contributed by atoms with Gasteiger partial charge in [0.05, 0.1) is 35.9 Å². The fraction of sp³-hybridized carbons (Fsp3) is 0.488. The molecule has 6 atom stereocenters. The molecule has 0 aliphatic heterocycles. The number of amides is 2. The molecule has 6 rings (SSSR count). The van der Waals surface area contributed by atoms with Crippen molar-refractivity contribution in [1.29, 1.82) is 0 Å².